The van der Waals surface area contributed by atoms with Crippen LogP contribution in [0.5, 0.6) is 0 Å². The second-order valence-corrected chi connectivity index (χ2v) is 8.09. The topological polar surface area (TPSA) is 43.4 Å². The Morgan fingerprint density at radius 2 is 1.59 bits per heavy atom. The lowest BCUT2D eigenvalue weighted by molar-refractivity contribution is 0.245. The van der Waals surface area contributed by atoms with E-state index in [0.29, 0.717) is 0 Å². The average molecular weight is 387 g/mol. The maximum Gasteiger partial charge on any atom is 0.297 e. The molecule has 2 aromatic rings. The van der Waals surface area contributed by atoms with Crippen LogP contribution in [-0.4, -0.2) is 15.0 Å². The van der Waals surface area contributed by atoms with Gasteiger partial charge in [-0.2, -0.15) is 8.42 Å². The summed E-state index contributed by atoms with van der Waals surface area (Å²) in [5.74, 6) is -0.331. The lowest BCUT2D eigenvalue weighted by Gasteiger charge is -2.24. The first kappa shape index (κ1) is 17.1. The molecular formula is C16H16BrFO3S. The van der Waals surface area contributed by atoms with Gasteiger partial charge in [0.15, 0.2) is 0 Å². The molecule has 0 saturated carbocycles. The lowest BCUT2D eigenvalue weighted by Crippen LogP contribution is -2.26. The number of hydrogen-bond donors (Lipinski definition) is 0. The van der Waals surface area contributed by atoms with Gasteiger partial charge in [-0.15, -0.1) is 0 Å². The van der Waals surface area contributed by atoms with Crippen LogP contribution in [0.1, 0.15) is 19.4 Å². The Morgan fingerprint density at radius 1 is 1.05 bits per heavy atom. The van der Waals surface area contributed by atoms with Crippen LogP contribution in [0.2, 0.25) is 0 Å². The van der Waals surface area contributed by atoms with E-state index in [-0.39, 0.29) is 17.3 Å². The third-order valence-electron chi connectivity index (χ3n) is 3.30. The molecule has 0 bridgehead atoms. The van der Waals surface area contributed by atoms with Crippen molar-refractivity contribution in [2.75, 3.05) is 6.61 Å². The van der Waals surface area contributed by atoms with Gasteiger partial charge in [-0.3, -0.25) is 4.18 Å². The Bertz CT molecular complexity index is 738. The molecule has 6 heteroatoms. The zero-order chi connectivity index (χ0) is 16.4. The van der Waals surface area contributed by atoms with Crippen molar-refractivity contribution in [1.29, 1.82) is 0 Å². The van der Waals surface area contributed by atoms with Gasteiger partial charge in [-0.25, -0.2) is 4.39 Å². The molecule has 0 N–H and O–H groups in total. The monoisotopic (exact) mass is 386 g/mol. The quantitative estimate of drug-likeness (QED) is 0.720. The Kier molecular flexibility index (Phi) is 5.04. The molecule has 0 amide bonds. The van der Waals surface area contributed by atoms with E-state index < -0.39 is 15.5 Å². The summed E-state index contributed by atoms with van der Waals surface area (Å²) in [5.41, 5.74) is 0.246. The molecule has 0 heterocycles. The predicted octanol–water partition coefficient (Wildman–Crippen LogP) is 4.27. The van der Waals surface area contributed by atoms with Gasteiger partial charge in [0.1, 0.15) is 5.82 Å². The van der Waals surface area contributed by atoms with E-state index in [1.54, 1.807) is 24.3 Å². The van der Waals surface area contributed by atoms with Crippen LogP contribution >= 0.6 is 15.9 Å². The minimum absolute atomic E-state index is 0.0307. The normalized spacial score (nSPS) is 12.4. The first-order chi connectivity index (χ1) is 10.2. The van der Waals surface area contributed by atoms with Gasteiger partial charge in [0.05, 0.1) is 11.5 Å². The second kappa shape index (κ2) is 6.48. The highest BCUT2D eigenvalue weighted by Gasteiger charge is 2.25. The van der Waals surface area contributed by atoms with Crippen LogP contribution in [0.25, 0.3) is 0 Å². The summed E-state index contributed by atoms with van der Waals surface area (Å²) in [6.07, 6.45) is 0. The zero-order valence-corrected chi connectivity index (χ0v) is 14.6. The van der Waals surface area contributed by atoms with Crippen molar-refractivity contribution < 1.29 is 17.0 Å². The van der Waals surface area contributed by atoms with E-state index in [1.165, 1.54) is 24.3 Å². The standard InChI is InChI=1S/C16H16BrFO3S/c1-16(2,12-3-7-14(18)8-4-12)11-21-22(19,20)15-9-5-13(17)6-10-15/h3-10H,11H2,1-2H3. The van der Waals surface area contributed by atoms with Crippen molar-refractivity contribution in [3.63, 3.8) is 0 Å². The van der Waals surface area contributed by atoms with Crippen LogP contribution in [-0.2, 0) is 19.7 Å². The average Bonchev–Trinajstić information content (AvgIpc) is 2.46. The van der Waals surface area contributed by atoms with Crippen LogP contribution in [0.3, 0.4) is 0 Å². The molecule has 2 aromatic carbocycles. The summed E-state index contributed by atoms with van der Waals surface area (Å²) in [4.78, 5) is 0.102. The Balaban J connectivity index is 2.13. The van der Waals surface area contributed by atoms with Gasteiger partial charge in [0.25, 0.3) is 10.1 Å². The fourth-order valence-corrected chi connectivity index (χ4v) is 3.20. The van der Waals surface area contributed by atoms with Crippen molar-refractivity contribution in [2.24, 2.45) is 0 Å². The maximum atomic E-state index is 13.0. The summed E-state index contributed by atoms with van der Waals surface area (Å²) in [6, 6.07) is 12.2. The molecule has 0 radical (unpaired) electrons. The van der Waals surface area contributed by atoms with Crippen molar-refractivity contribution in [3.05, 3.63) is 64.4 Å². The van der Waals surface area contributed by atoms with Crippen LogP contribution in [0.4, 0.5) is 4.39 Å². The molecule has 2 rings (SSSR count). The smallest absolute Gasteiger partial charge is 0.265 e. The van der Waals surface area contributed by atoms with E-state index in [9.17, 15) is 12.8 Å². The third-order valence-corrected chi connectivity index (χ3v) is 5.11. The maximum absolute atomic E-state index is 13.0. The number of benzene rings is 2. The molecule has 0 fully saturated rings. The summed E-state index contributed by atoms with van der Waals surface area (Å²) in [7, 11) is -3.82. The van der Waals surface area contributed by atoms with Crippen LogP contribution < -0.4 is 0 Å². The summed E-state index contributed by atoms with van der Waals surface area (Å²) in [6.45, 7) is 3.66. The van der Waals surface area contributed by atoms with E-state index in [2.05, 4.69) is 15.9 Å². The van der Waals surface area contributed by atoms with Crippen LogP contribution in [0.15, 0.2) is 57.9 Å². The first-order valence-electron chi connectivity index (χ1n) is 6.62. The fraction of sp³-hybridized carbons (Fsp3) is 0.250. The zero-order valence-electron chi connectivity index (χ0n) is 12.2. The molecule has 0 atom stereocenters. The molecule has 0 aromatic heterocycles. The van der Waals surface area contributed by atoms with Crippen molar-refractivity contribution in [2.45, 2.75) is 24.2 Å². The first-order valence-corrected chi connectivity index (χ1v) is 8.82. The van der Waals surface area contributed by atoms with Gasteiger partial charge >= 0.3 is 0 Å². The minimum Gasteiger partial charge on any atom is -0.265 e. The van der Waals surface area contributed by atoms with Crippen molar-refractivity contribution in [1.82, 2.24) is 0 Å². The van der Waals surface area contributed by atoms with Gasteiger partial charge in [-0.05, 0) is 42.0 Å². The highest BCUT2D eigenvalue weighted by molar-refractivity contribution is 9.10. The van der Waals surface area contributed by atoms with E-state index in [1.807, 2.05) is 13.8 Å². The molecular weight excluding hydrogens is 371 g/mol. The van der Waals surface area contributed by atoms with E-state index in [4.69, 9.17) is 4.18 Å². The van der Waals surface area contributed by atoms with E-state index >= 15 is 0 Å². The van der Waals surface area contributed by atoms with Gasteiger partial charge in [0, 0.05) is 9.89 Å². The van der Waals surface area contributed by atoms with Crippen LogP contribution in [0, 0.1) is 5.82 Å². The second-order valence-electron chi connectivity index (χ2n) is 5.56. The Hall–Kier alpha value is -1.24. The number of halogens is 2. The number of rotatable bonds is 5. The van der Waals surface area contributed by atoms with E-state index in [0.717, 1.165) is 10.0 Å². The highest BCUT2D eigenvalue weighted by atomic mass is 79.9. The molecule has 3 nitrogen and oxygen atoms in total. The van der Waals surface area contributed by atoms with Gasteiger partial charge in [-0.1, -0.05) is 41.9 Å². The Labute approximate surface area is 138 Å². The molecule has 0 spiro atoms. The summed E-state index contributed by atoms with van der Waals surface area (Å²) >= 11 is 3.25. The molecule has 118 valence electrons. The highest BCUT2D eigenvalue weighted by Crippen LogP contribution is 2.26. The molecule has 0 aliphatic rings. The fourth-order valence-electron chi connectivity index (χ4n) is 1.88. The van der Waals surface area contributed by atoms with Crippen molar-refractivity contribution in [3.8, 4) is 0 Å². The van der Waals surface area contributed by atoms with Gasteiger partial charge in [0.2, 0.25) is 0 Å². The molecule has 0 unspecified atom stereocenters. The lowest BCUT2D eigenvalue weighted by atomic mass is 9.86. The Morgan fingerprint density at radius 3 is 2.14 bits per heavy atom. The summed E-state index contributed by atoms with van der Waals surface area (Å²) in [5, 5.41) is 0. The molecule has 0 aliphatic carbocycles. The third kappa shape index (κ3) is 4.15. The molecule has 0 saturated heterocycles. The molecule has 22 heavy (non-hydrogen) atoms. The number of hydrogen-bond acceptors (Lipinski definition) is 3. The molecule has 0 aliphatic heterocycles. The minimum atomic E-state index is -3.82. The predicted molar refractivity (Wildman–Crippen MR) is 86.7 cm³/mol. The largest absolute Gasteiger partial charge is 0.297 e. The summed E-state index contributed by atoms with van der Waals surface area (Å²) < 4.78 is 43.3. The van der Waals surface area contributed by atoms with Gasteiger partial charge < -0.3 is 0 Å². The SMILES string of the molecule is CC(C)(COS(=O)(=O)c1ccc(Br)cc1)c1ccc(F)cc1. The van der Waals surface area contributed by atoms with Crippen molar-refractivity contribution >= 4 is 26.0 Å².